The molecule has 1 aromatic carbocycles. The quantitative estimate of drug-likeness (QED) is 0.648. The second-order valence-corrected chi connectivity index (χ2v) is 6.01. The Balaban J connectivity index is 1.72. The molecular weight excluding hydrogens is 318 g/mol. The Hall–Kier alpha value is -2.48. The van der Waals surface area contributed by atoms with Crippen LogP contribution in [0.1, 0.15) is 13.3 Å². The van der Waals surface area contributed by atoms with Crippen molar-refractivity contribution < 1.29 is 14.5 Å². The largest absolute Gasteiger partial charge is 0.493 e. The van der Waals surface area contributed by atoms with Gasteiger partial charge in [0.1, 0.15) is 11.7 Å². The molecule has 1 aliphatic carbocycles. The Kier molecular flexibility index (Phi) is 4.24. The highest BCUT2D eigenvalue weighted by atomic mass is 32.1. The molecular formula is C15H15N3O4S. The molecule has 2 aromatic rings. The summed E-state index contributed by atoms with van der Waals surface area (Å²) in [6.07, 6.45) is 0.296. The van der Waals surface area contributed by atoms with Gasteiger partial charge in [0.15, 0.2) is 5.13 Å². The van der Waals surface area contributed by atoms with Gasteiger partial charge in [-0.05, 0) is 19.1 Å². The zero-order chi connectivity index (χ0) is 16.4. The molecule has 0 spiro atoms. The molecule has 120 valence electrons. The van der Waals surface area contributed by atoms with E-state index in [0.717, 1.165) is 11.3 Å². The number of para-hydroxylation sites is 1. The number of benzene rings is 1. The maximum absolute atomic E-state index is 11.9. The van der Waals surface area contributed by atoms with Gasteiger partial charge >= 0.3 is 0 Å². The van der Waals surface area contributed by atoms with Crippen LogP contribution < -0.4 is 10.1 Å². The van der Waals surface area contributed by atoms with Crippen LogP contribution >= 0.6 is 11.3 Å². The molecule has 7 nitrogen and oxygen atoms in total. The average Bonchev–Trinajstić information content (AvgIpc) is 3.22. The van der Waals surface area contributed by atoms with Gasteiger partial charge in [0, 0.05) is 22.3 Å². The molecule has 1 fully saturated rings. The van der Waals surface area contributed by atoms with Crippen molar-refractivity contribution in [2.45, 2.75) is 19.4 Å². The first kappa shape index (κ1) is 15.4. The molecule has 1 saturated carbocycles. The van der Waals surface area contributed by atoms with E-state index in [-0.39, 0.29) is 5.91 Å². The van der Waals surface area contributed by atoms with E-state index < -0.39 is 16.9 Å². The number of rotatable bonds is 6. The number of aromatic nitrogens is 1. The number of ether oxygens (including phenoxy) is 1. The molecule has 23 heavy (non-hydrogen) atoms. The first-order valence-corrected chi connectivity index (χ1v) is 8.10. The van der Waals surface area contributed by atoms with Gasteiger partial charge in [0.05, 0.1) is 12.3 Å². The fourth-order valence-electron chi connectivity index (χ4n) is 2.31. The third kappa shape index (κ3) is 3.31. The second kappa shape index (κ2) is 6.33. The number of carbonyl (C=O) groups is 1. The molecule has 3 rings (SSSR count). The van der Waals surface area contributed by atoms with E-state index in [4.69, 9.17) is 4.74 Å². The molecule has 1 heterocycles. The zero-order valence-electron chi connectivity index (χ0n) is 12.4. The lowest BCUT2D eigenvalue weighted by Crippen LogP contribution is -2.18. The van der Waals surface area contributed by atoms with E-state index in [2.05, 4.69) is 10.3 Å². The summed E-state index contributed by atoms with van der Waals surface area (Å²) in [4.78, 5) is 26.5. The van der Waals surface area contributed by atoms with Crippen molar-refractivity contribution in [2.24, 2.45) is 5.92 Å². The predicted molar refractivity (Wildman–Crippen MR) is 86.2 cm³/mol. The molecule has 1 aliphatic rings. The molecule has 1 amide bonds. The van der Waals surface area contributed by atoms with E-state index in [1.807, 2.05) is 36.6 Å². The SMILES string of the molecule is CCOc1ccccc1-c1csc(NC(=O)[C@H]2C[C@H]2[N+](=O)[O-])n1. The molecule has 0 unspecified atom stereocenters. The van der Waals surface area contributed by atoms with Crippen LogP contribution in [0.4, 0.5) is 5.13 Å². The summed E-state index contributed by atoms with van der Waals surface area (Å²) in [7, 11) is 0. The van der Waals surface area contributed by atoms with Crippen molar-refractivity contribution in [3.8, 4) is 17.0 Å². The fourth-order valence-corrected chi connectivity index (χ4v) is 3.02. The number of hydrogen-bond donors (Lipinski definition) is 1. The minimum atomic E-state index is -0.756. The monoisotopic (exact) mass is 333 g/mol. The number of thiazole rings is 1. The van der Waals surface area contributed by atoms with Gasteiger partial charge in [-0.15, -0.1) is 11.3 Å². The number of nitrogens with zero attached hydrogens (tertiary/aromatic N) is 2. The van der Waals surface area contributed by atoms with Crippen molar-refractivity contribution >= 4 is 22.4 Å². The molecule has 0 saturated heterocycles. The lowest BCUT2D eigenvalue weighted by molar-refractivity contribution is -0.497. The molecule has 0 aliphatic heterocycles. The summed E-state index contributed by atoms with van der Waals surface area (Å²) in [5.74, 6) is -0.160. The van der Waals surface area contributed by atoms with Crippen LogP contribution in [0.15, 0.2) is 29.6 Å². The van der Waals surface area contributed by atoms with Crippen molar-refractivity contribution in [3.05, 3.63) is 39.8 Å². The van der Waals surface area contributed by atoms with Gasteiger partial charge in [-0.2, -0.15) is 0 Å². The summed E-state index contributed by atoms with van der Waals surface area (Å²) in [6, 6.07) is 6.78. The first-order valence-electron chi connectivity index (χ1n) is 7.22. The number of anilines is 1. The lowest BCUT2D eigenvalue weighted by atomic mass is 10.1. The summed E-state index contributed by atoms with van der Waals surface area (Å²) >= 11 is 1.29. The van der Waals surface area contributed by atoms with Crippen molar-refractivity contribution in [1.29, 1.82) is 0 Å². The lowest BCUT2D eigenvalue weighted by Gasteiger charge is -2.07. The van der Waals surface area contributed by atoms with Crippen LogP contribution in [-0.4, -0.2) is 28.5 Å². The van der Waals surface area contributed by atoms with E-state index >= 15 is 0 Å². The standard InChI is InChI=1S/C15H15N3O4S/c1-2-22-13-6-4-3-5-9(13)11-8-23-15(16-11)17-14(19)10-7-12(10)18(20)21/h3-6,8,10,12H,2,7H2,1H3,(H,16,17,19)/t10-,12+/m0/s1. The van der Waals surface area contributed by atoms with E-state index in [0.29, 0.717) is 23.9 Å². The summed E-state index contributed by atoms with van der Waals surface area (Å²) in [5.41, 5.74) is 1.55. The van der Waals surface area contributed by atoms with Crippen LogP contribution in [0.3, 0.4) is 0 Å². The van der Waals surface area contributed by atoms with E-state index in [1.165, 1.54) is 11.3 Å². The van der Waals surface area contributed by atoms with E-state index in [9.17, 15) is 14.9 Å². The summed E-state index contributed by atoms with van der Waals surface area (Å²) in [5, 5.41) is 15.5. The predicted octanol–water partition coefficient (Wildman–Crippen LogP) is 2.81. The summed E-state index contributed by atoms with van der Waals surface area (Å²) in [6.45, 7) is 2.46. The normalized spacial score (nSPS) is 19.2. The number of amides is 1. The number of carbonyl (C=O) groups excluding carboxylic acids is 1. The number of nitrogens with one attached hydrogen (secondary N) is 1. The van der Waals surface area contributed by atoms with Crippen LogP contribution in [0.2, 0.25) is 0 Å². The van der Waals surface area contributed by atoms with Crippen LogP contribution in [0, 0.1) is 16.0 Å². The highest BCUT2D eigenvalue weighted by Gasteiger charge is 2.53. The van der Waals surface area contributed by atoms with Gasteiger partial charge in [0.2, 0.25) is 11.9 Å². The molecule has 1 aromatic heterocycles. The highest BCUT2D eigenvalue weighted by Crippen LogP contribution is 2.36. The molecule has 2 atom stereocenters. The maximum atomic E-state index is 11.9. The molecule has 0 bridgehead atoms. The van der Waals surface area contributed by atoms with Crippen molar-refractivity contribution in [3.63, 3.8) is 0 Å². The summed E-state index contributed by atoms with van der Waals surface area (Å²) < 4.78 is 5.57. The molecule has 1 N–H and O–H groups in total. The Morgan fingerprint density at radius 2 is 2.30 bits per heavy atom. The van der Waals surface area contributed by atoms with Gasteiger partial charge in [0.25, 0.3) is 0 Å². The first-order chi connectivity index (χ1) is 11.1. The zero-order valence-corrected chi connectivity index (χ0v) is 13.2. The van der Waals surface area contributed by atoms with E-state index in [1.54, 1.807) is 0 Å². The number of hydrogen-bond acceptors (Lipinski definition) is 6. The topological polar surface area (TPSA) is 94.4 Å². The van der Waals surface area contributed by atoms with Gasteiger partial charge in [-0.1, -0.05) is 12.1 Å². The van der Waals surface area contributed by atoms with Crippen LogP contribution in [0.25, 0.3) is 11.3 Å². The molecule has 8 heteroatoms. The second-order valence-electron chi connectivity index (χ2n) is 5.15. The Morgan fingerprint density at radius 1 is 1.52 bits per heavy atom. The Labute approximate surface area is 136 Å². The van der Waals surface area contributed by atoms with Gasteiger partial charge in [-0.3, -0.25) is 14.9 Å². The number of nitro groups is 1. The Morgan fingerprint density at radius 3 is 3.00 bits per heavy atom. The van der Waals surface area contributed by atoms with Crippen LogP contribution in [-0.2, 0) is 4.79 Å². The van der Waals surface area contributed by atoms with Crippen molar-refractivity contribution in [2.75, 3.05) is 11.9 Å². The van der Waals surface area contributed by atoms with Crippen LogP contribution in [0.5, 0.6) is 5.75 Å². The minimum Gasteiger partial charge on any atom is -0.493 e. The highest BCUT2D eigenvalue weighted by molar-refractivity contribution is 7.14. The average molecular weight is 333 g/mol. The maximum Gasteiger partial charge on any atom is 0.236 e. The smallest absolute Gasteiger partial charge is 0.236 e. The van der Waals surface area contributed by atoms with Crippen molar-refractivity contribution in [1.82, 2.24) is 4.98 Å². The van der Waals surface area contributed by atoms with Gasteiger partial charge in [-0.25, -0.2) is 4.98 Å². The van der Waals surface area contributed by atoms with Gasteiger partial charge < -0.3 is 10.1 Å². The third-order valence-corrected chi connectivity index (χ3v) is 4.32. The minimum absolute atomic E-state index is 0.296. The molecule has 0 radical (unpaired) electrons. The third-order valence-electron chi connectivity index (χ3n) is 3.56. The fraction of sp³-hybridized carbons (Fsp3) is 0.333. The Bertz CT molecular complexity index is 746.